The van der Waals surface area contributed by atoms with Crippen LogP contribution in [0.4, 0.5) is 5.69 Å². The predicted octanol–water partition coefficient (Wildman–Crippen LogP) is 1.71. The van der Waals surface area contributed by atoms with E-state index in [0.717, 1.165) is 18.7 Å². The molecule has 0 spiro atoms. The second-order valence-corrected chi connectivity index (χ2v) is 5.03. The Bertz CT molecular complexity index is 425. The van der Waals surface area contributed by atoms with E-state index in [1.165, 1.54) is 4.68 Å². The van der Waals surface area contributed by atoms with Crippen LogP contribution in [0.3, 0.4) is 0 Å². The zero-order valence-corrected chi connectivity index (χ0v) is 12.2. The molecule has 1 rings (SSSR count). The number of anilines is 1. The lowest BCUT2D eigenvalue weighted by Gasteiger charge is -2.09. The predicted molar refractivity (Wildman–Crippen MR) is 76.9 cm³/mol. The fourth-order valence-corrected chi connectivity index (χ4v) is 2.01. The average molecular weight is 292 g/mol. The van der Waals surface area contributed by atoms with Crippen molar-refractivity contribution in [2.24, 2.45) is 0 Å². The second kappa shape index (κ2) is 8.39. The third-order valence-electron chi connectivity index (χ3n) is 2.33. The first kappa shape index (κ1) is 15.3. The minimum Gasteiger partial charge on any atom is -0.383 e. The number of hydrogen-bond acceptors (Lipinski definition) is 5. The molecule has 0 bridgehead atoms. The van der Waals surface area contributed by atoms with Crippen LogP contribution in [0.5, 0.6) is 0 Å². The van der Waals surface area contributed by atoms with Gasteiger partial charge in [0.2, 0.25) is 0 Å². The van der Waals surface area contributed by atoms with Gasteiger partial charge in [0.1, 0.15) is 5.02 Å². The van der Waals surface area contributed by atoms with E-state index in [1.54, 1.807) is 25.1 Å². The van der Waals surface area contributed by atoms with Crippen LogP contribution in [0.2, 0.25) is 5.02 Å². The first-order valence-corrected chi connectivity index (χ1v) is 7.45. The van der Waals surface area contributed by atoms with E-state index < -0.39 is 0 Å². The van der Waals surface area contributed by atoms with Gasteiger partial charge in [0.05, 0.1) is 25.0 Å². The van der Waals surface area contributed by atoms with Gasteiger partial charge in [-0.05, 0) is 18.4 Å². The lowest BCUT2D eigenvalue weighted by molar-refractivity contribution is 0.182. The van der Waals surface area contributed by atoms with Crippen LogP contribution in [0, 0.1) is 0 Å². The SMILES string of the molecule is COCCn1ncc(NCCCSC)c(Cl)c1=O. The van der Waals surface area contributed by atoms with Crippen LogP contribution in [-0.2, 0) is 11.3 Å². The molecule has 0 aromatic carbocycles. The van der Waals surface area contributed by atoms with Crippen molar-refractivity contribution in [3.8, 4) is 0 Å². The second-order valence-electron chi connectivity index (χ2n) is 3.67. The fraction of sp³-hybridized carbons (Fsp3) is 0.636. The molecule has 0 saturated heterocycles. The quantitative estimate of drug-likeness (QED) is 0.739. The monoisotopic (exact) mass is 291 g/mol. The molecule has 0 radical (unpaired) electrons. The first-order valence-electron chi connectivity index (χ1n) is 5.68. The molecule has 0 aliphatic rings. The minimum absolute atomic E-state index is 0.185. The van der Waals surface area contributed by atoms with Crippen LogP contribution in [0.25, 0.3) is 0 Å². The van der Waals surface area contributed by atoms with Crippen LogP contribution >= 0.6 is 23.4 Å². The van der Waals surface area contributed by atoms with E-state index >= 15 is 0 Å². The molecule has 1 heterocycles. The fourth-order valence-electron chi connectivity index (χ4n) is 1.36. The number of nitrogens with one attached hydrogen (secondary N) is 1. The van der Waals surface area contributed by atoms with Gasteiger partial charge in [-0.2, -0.15) is 16.9 Å². The normalized spacial score (nSPS) is 10.6. The first-order chi connectivity index (χ1) is 8.70. The van der Waals surface area contributed by atoms with E-state index in [2.05, 4.69) is 16.7 Å². The summed E-state index contributed by atoms with van der Waals surface area (Å²) in [6.07, 6.45) is 4.66. The summed E-state index contributed by atoms with van der Waals surface area (Å²) in [7, 11) is 1.58. The van der Waals surface area contributed by atoms with Gasteiger partial charge in [0, 0.05) is 13.7 Å². The Morgan fingerprint density at radius 3 is 3.06 bits per heavy atom. The van der Waals surface area contributed by atoms with Gasteiger partial charge >= 0.3 is 0 Å². The van der Waals surface area contributed by atoms with Crippen molar-refractivity contribution in [3.63, 3.8) is 0 Å². The highest BCUT2D eigenvalue weighted by Crippen LogP contribution is 2.15. The molecule has 0 aliphatic heterocycles. The van der Waals surface area contributed by atoms with Gasteiger partial charge < -0.3 is 10.1 Å². The molecule has 0 saturated carbocycles. The maximum atomic E-state index is 11.9. The number of halogens is 1. The number of rotatable bonds is 8. The molecule has 0 unspecified atom stereocenters. The summed E-state index contributed by atoms with van der Waals surface area (Å²) < 4.78 is 6.21. The van der Waals surface area contributed by atoms with Gasteiger partial charge in [-0.3, -0.25) is 4.79 Å². The molecule has 0 aliphatic carbocycles. The number of aromatic nitrogens is 2. The molecule has 0 fully saturated rings. The molecular weight excluding hydrogens is 274 g/mol. The van der Waals surface area contributed by atoms with Crippen LogP contribution in [0.1, 0.15) is 6.42 Å². The van der Waals surface area contributed by atoms with Crippen molar-refractivity contribution >= 4 is 29.1 Å². The largest absolute Gasteiger partial charge is 0.383 e. The Hall–Kier alpha value is -0.720. The van der Waals surface area contributed by atoms with Gasteiger partial charge in [-0.25, -0.2) is 4.68 Å². The number of hydrogen-bond donors (Lipinski definition) is 1. The van der Waals surface area contributed by atoms with Gasteiger partial charge in [0.15, 0.2) is 0 Å². The van der Waals surface area contributed by atoms with Crippen LogP contribution in [0.15, 0.2) is 11.0 Å². The minimum atomic E-state index is -0.288. The maximum Gasteiger partial charge on any atom is 0.287 e. The summed E-state index contributed by atoms with van der Waals surface area (Å²) in [6, 6.07) is 0. The smallest absolute Gasteiger partial charge is 0.287 e. The molecule has 0 atom stereocenters. The number of methoxy groups -OCH3 is 1. The molecule has 5 nitrogen and oxygen atoms in total. The maximum absolute atomic E-state index is 11.9. The highest BCUT2D eigenvalue weighted by molar-refractivity contribution is 7.98. The standard InChI is InChI=1S/C11H18ClN3O2S/c1-17-6-5-15-11(16)10(12)9(8-14-15)13-4-3-7-18-2/h8,13H,3-7H2,1-2H3. The lowest BCUT2D eigenvalue weighted by atomic mass is 10.4. The highest BCUT2D eigenvalue weighted by atomic mass is 35.5. The summed E-state index contributed by atoms with van der Waals surface area (Å²) in [5, 5.41) is 7.35. The molecule has 1 N–H and O–H groups in total. The molecular formula is C11H18ClN3O2S. The number of nitrogens with zero attached hydrogens (tertiary/aromatic N) is 2. The summed E-state index contributed by atoms with van der Waals surface area (Å²) >= 11 is 7.80. The molecule has 18 heavy (non-hydrogen) atoms. The Kier molecular flexibility index (Phi) is 7.15. The van der Waals surface area contributed by atoms with E-state index in [-0.39, 0.29) is 10.6 Å². The van der Waals surface area contributed by atoms with Crippen molar-refractivity contribution in [1.82, 2.24) is 9.78 Å². The average Bonchev–Trinajstić information content (AvgIpc) is 2.38. The third kappa shape index (κ3) is 4.51. The van der Waals surface area contributed by atoms with E-state index in [0.29, 0.717) is 18.8 Å². The molecule has 1 aromatic rings. The Morgan fingerprint density at radius 1 is 1.61 bits per heavy atom. The molecule has 7 heteroatoms. The summed E-state index contributed by atoms with van der Waals surface area (Å²) in [5.41, 5.74) is 0.306. The van der Waals surface area contributed by atoms with Crippen molar-refractivity contribution in [2.45, 2.75) is 13.0 Å². The van der Waals surface area contributed by atoms with Crippen molar-refractivity contribution in [1.29, 1.82) is 0 Å². The molecule has 1 aromatic heterocycles. The molecule has 0 amide bonds. The van der Waals surface area contributed by atoms with Gasteiger partial charge in [0.25, 0.3) is 5.56 Å². The van der Waals surface area contributed by atoms with Crippen LogP contribution < -0.4 is 10.9 Å². The highest BCUT2D eigenvalue weighted by Gasteiger charge is 2.08. The van der Waals surface area contributed by atoms with E-state index in [9.17, 15) is 4.79 Å². The Balaban J connectivity index is 2.65. The van der Waals surface area contributed by atoms with E-state index in [4.69, 9.17) is 16.3 Å². The van der Waals surface area contributed by atoms with Crippen molar-refractivity contribution < 1.29 is 4.74 Å². The summed E-state index contributed by atoms with van der Waals surface area (Å²) in [4.78, 5) is 11.9. The van der Waals surface area contributed by atoms with E-state index in [1.807, 2.05) is 0 Å². The van der Waals surface area contributed by atoms with Crippen LogP contribution in [-0.4, -0.2) is 42.1 Å². The molecule has 102 valence electrons. The third-order valence-corrected chi connectivity index (χ3v) is 3.39. The van der Waals surface area contributed by atoms with Gasteiger partial charge in [-0.1, -0.05) is 11.6 Å². The lowest BCUT2D eigenvalue weighted by Crippen LogP contribution is -2.26. The zero-order chi connectivity index (χ0) is 13.4. The Labute approximate surface area is 116 Å². The topological polar surface area (TPSA) is 56.1 Å². The van der Waals surface area contributed by atoms with Gasteiger partial charge in [-0.15, -0.1) is 0 Å². The van der Waals surface area contributed by atoms with Crippen molar-refractivity contribution in [2.75, 3.05) is 37.6 Å². The zero-order valence-electron chi connectivity index (χ0n) is 10.6. The summed E-state index contributed by atoms with van der Waals surface area (Å²) in [6.45, 7) is 1.62. The Morgan fingerprint density at radius 2 is 2.39 bits per heavy atom. The summed E-state index contributed by atoms with van der Waals surface area (Å²) in [5.74, 6) is 1.07. The van der Waals surface area contributed by atoms with Crippen molar-refractivity contribution in [3.05, 3.63) is 21.6 Å². The number of ether oxygens (including phenoxy) is 1. The number of thioether (sulfide) groups is 1.